The molecule has 3 unspecified atom stereocenters. The van der Waals surface area contributed by atoms with Crippen molar-refractivity contribution < 1.29 is 4.39 Å². The van der Waals surface area contributed by atoms with E-state index in [1.807, 2.05) is 12.1 Å². The lowest BCUT2D eigenvalue weighted by molar-refractivity contribution is 0.191. The fourth-order valence-corrected chi connectivity index (χ4v) is 3.26. The second-order valence-electron chi connectivity index (χ2n) is 6.13. The smallest absolute Gasteiger partial charge is 0.126 e. The molecule has 0 amide bonds. The molecule has 3 heteroatoms. The Morgan fingerprint density at radius 3 is 2.80 bits per heavy atom. The average molecular weight is 278 g/mol. The molecular formula is C17H27FN2. The normalized spacial score (nSPS) is 25.1. The number of nitrogens with zero attached hydrogens (tertiary/aromatic N) is 1. The predicted molar refractivity (Wildman–Crippen MR) is 82.2 cm³/mol. The highest BCUT2D eigenvalue weighted by atomic mass is 19.1. The van der Waals surface area contributed by atoms with Gasteiger partial charge in [-0.15, -0.1) is 0 Å². The molecule has 1 heterocycles. The second kappa shape index (κ2) is 6.68. The first-order valence-electron chi connectivity index (χ1n) is 7.80. The number of halogens is 1. The van der Waals surface area contributed by atoms with E-state index in [2.05, 4.69) is 18.7 Å². The van der Waals surface area contributed by atoms with Crippen molar-refractivity contribution >= 4 is 0 Å². The molecule has 112 valence electrons. The molecule has 1 aromatic rings. The van der Waals surface area contributed by atoms with E-state index in [1.165, 1.54) is 19.3 Å². The maximum atomic E-state index is 13.6. The van der Waals surface area contributed by atoms with Crippen molar-refractivity contribution in [1.29, 1.82) is 0 Å². The van der Waals surface area contributed by atoms with Crippen LogP contribution in [0.25, 0.3) is 0 Å². The van der Waals surface area contributed by atoms with Crippen LogP contribution >= 0.6 is 0 Å². The molecule has 3 atom stereocenters. The molecule has 1 aromatic carbocycles. The van der Waals surface area contributed by atoms with Gasteiger partial charge in [-0.1, -0.05) is 19.1 Å². The summed E-state index contributed by atoms with van der Waals surface area (Å²) < 4.78 is 13.6. The van der Waals surface area contributed by atoms with Crippen LogP contribution in [0.3, 0.4) is 0 Å². The topological polar surface area (TPSA) is 29.3 Å². The predicted octanol–water partition coefficient (Wildman–Crippen LogP) is 3.79. The summed E-state index contributed by atoms with van der Waals surface area (Å²) in [5, 5.41) is 0. The average Bonchev–Trinajstić information content (AvgIpc) is 2.79. The monoisotopic (exact) mass is 278 g/mol. The van der Waals surface area contributed by atoms with Crippen LogP contribution in [0.4, 0.5) is 4.39 Å². The molecule has 0 spiro atoms. The van der Waals surface area contributed by atoms with Crippen LogP contribution in [-0.2, 0) is 0 Å². The number of benzene rings is 1. The SMILES string of the molecule is CCC1CCC(C)N1CCC(N)c1ccc(C)c(F)c1. The van der Waals surface area contributed by atoms with Gasteiger partial charge in [0.15, 0.2) is 0 Å². The van der Waals surface area contributed by atoms with E-state index >= 15 is 0 Å². The number of likely N-dealkylation sites (tertiary alicyclic amines) is 1. The van der Waals surface area contributed by atoms with E-state index in [0.29, 0.717) is 17.6 Å². The van der Waals surface area contributed by atoms with Crippen molar-refractivity contribution in [1.82, 2.24) is 4.90 Å². The van der Waals surface area contributed by atoms with Gasteiger partial charge < -0.3 is 5.73 Å². The standard InChI is InChI=1S/C17H27FN2/c1-4-15-8-6-13(3)20(15)10-9-17(19)14-7-5-12(2)16(18)11-14/h5,7,11,13,15,17H,4,6,8-10,19H2,1-3H3. The van der Waals surface area contributed by atoms with E-state index in [9.17, 15) is 4.39 Å². The van der Waals surface area contributed by atoms with Gasteiger partial charge in [0.2, 0.25) is 0 Å². The van der Waals surface area contributed by atoms with Crippen molar-refractivity contribution in [2.75, 3.05) is 6.54 Å². The molecule has 0 bridgehead atoms. The van der Waals surface area contributed by atoms with Gasteiger partial charge in [-0.3, -0.25) is 4.90 Å². The van der Waals surface area contributed by atoms with Crippen molar-refractivity contribution in [3.8, 4) is 0 Å². The van der Waals surface area contributed by atoms with E-state index in [0.717, 1.165) is 18.5 Å². The van der Waals surface area contributed by atoms with Gasteiger partial charge in [-0.2, -0.15) is 0 Å². The Labute approximate surface area is 122 Å². The fraction of sp³-hybridized carbons (Fsp3) is 0.647. The fourth-order valence-electron chi connectivity index (χ4n) is 3.26. The van der Waals surface area contributed by atoms with Gasteiger partial charge in [0.1, 0.15) is 5.82 Å². The van der Waals surface area contributed by atoms with Gasteiger partial charge in [0.05, 0.1) is 0 Å². The largest absolute Gasteiger partial charge is 0.324 e. The summed E-state index contributed by atoms with van der Waals surface area (Å²) in [5.74, 6) is -0.154. The van der Waals surface area contributed by atoms with E-state index in [-0.39, 0.29) is 11.9 Å². The Morgan fingerprint density at radius 2 is 2.15 bits per heavy atom. The quantitative estimate of drug-likeness (QED) is 0.888. The van der Waals surface area contributed by atoms with Crippen LogP contribution < -0.4 is 5.73 Å². The molecule has 0 aliphatic carbocycles. The Balaban J connectivity index is 1.94. The van der Waals surface area contributed by atoms with Crippen molar-refractivity contribution in [3.63, 3.8) is 0 Å². The highest BCUT2D eigenvalue weighted by molar-refractivity contribution is 5.25. The molecule has 1 aliphatic heterocycles. The molecule has 1 aliphatic rings. The van der Waals surface area contributed by atoms with Crippen molar-refractivity contribution in [2.45, 2.75) is 64.6 Å². The first-order chi connectivity index (χ1) is 9.52. The Hall–Kier alpha value is -0.930. The minimum absolute atomic E-state index is 0.0737. The van der Waals surface area contributed by atoms with Crippen molar-refractivity contribution in [2.24, 2.45) is 5.73 Å². The highest BCUT2D eigenvalue weighted by Gasteiger charge is 2.29. The Morgan fingerprint density at radius 1 is 1.40 bits per heavy atom. The zero-order valence-corrected chi connectivity index (χ0v) is 12.9. The third-order valence-electron chi connectivity index (χ3n) is 4.75. The summed E-state index contributed by atoms with van der Waals surface area (Å²) in [4.78, 5) is 2.57. The maximum Gasteiger partial charge on any atom is 0.126 e. The van der Waals surface area contributed by atoms with Crippen LogP contribution in [0, 0.1) is 12.7 Å². The van der Waals surface area contributed by atoms with Crippen LogP contribution in [0.1, 0.15) is 56.7 Å². The lowest BCUT2D eigenvalue weighted by Crippen LogP contribution is -2.36. The van der Waals surface area contributed by atoms with Crippen LogP contribution in [-0.4, -0.2) is 23.5 Å². The van der Waals surface area contributed by atoms with Gasteiger partial charge in [-0.25, -0.2) is 4.39 Å². The summed E-state index contributed by atoms with van der Waals surface area (Å²) in [5.41, 5.74) is 7.82. The zero-order valence-electron chi connectivity index (χ0n) is 12.9. The van der Waals surface area contributed by atoms with E-state index in [1.54, 1.807) is 13.0 Å². The summed E-state index contributed by atoms with van der Waals surface area (Å²) in [6.45, 7) is 7.34. The summed E-state index contributed by atoms with van der Waals surface area (Å²) in [6, 6.07) is 6.64. The minimum Gasteiger partial charge on any atom is -0.324 e. The molecular weight excluding hydrogens is 251 g/mol. The number of rotatable bonds is 5. The summed E-state index contributed by atoms with van der Waals surface area (Å²) >= 11 is 0. The first kappa shape index (κ1) is 15.5. The van der Waals surface area contributed by atoms with Crippen LogP contribution in [0.2, 0.25) is 0 Å². The maximum absolute atomic E-state index is 13.6. The first-order valence-corrected chi connectivity index (χ1v) is 7.80. The molecule has 20 heavy (non-hydrogen) atoms. The number of nitrogens with two attached hydrogens (primary N) is 1. The molecule has 2 rings (SSSR count). The van der Waals surface area contributed by atoms with Gasteiger partial charge in [0, 0.05) is 24.7 Å². The lowest BCUT2D eigenvalue weighted by Gasteiger charge is -2.28. The molecule has 0 saturated carbocycles. The summed E-state index contributed by atoms with van der Waals surface area (Å²) in [7, 11) is 0. The van der Waals surface area contributed by atoms with Gasteiger partial charge >= 0.3 is 0 Å². The molecule has 2 N–H and O–H groups in total. The number of hydrogen-bond donors (Lipinski definition) is 1. The zero-order chi connectivity index (χ0) is 14.7. The second-order valence-corrected chi connectivity index (χ2v) is 6.13. The molecule has 1 saturated heterocycles. The Bertz CT molecular complexity index is 447. The van der Waals surface area contributed by atoms with E-state index in [4.69, 9.17) is 5.73 Å². The molecule has 1 fully saturated rings. The van der Waals surface area contributed by atoms with Crippen LogP contribution in [0.5, 0.6) is 0 Å². The van der Waals surface area contributed by atoms with Crippen molar-refractivity contribution in [3.05, 3.63) is 35.1 Å². The van der Waals surface area contributed by atoms with Gasteiger partial charge in [0.25, 0.3) is 0 Å². The van der Waals surface area contributed by atoms with E-state index < -0.39 is 0 Å². The lowest BCUT2D eigenvalue weighted by atomic mass is 10.0. The summed E-state index contributed by atoms with van der Waals surface area (Å²) in [6.07, 6.45) is 4.68. The van der Waals surface area contributed by atoms with Gasteiger partial charge in [-0.05, 0) is 56.7 Å². The molecule has 2 nitrogen and oxygen atoms in total. The number of aryl methyl sites for hydroxylation is 1. The minimum atomic E-state index is -0.154. The third-order valence-corrected chi connectivity index (χ3v) is 4.75. The number of hydrogen-bond acceptors (Lipinski definition) is 2. The molecule has 0 radical (unpaired) electrons. The Kier molecular flexibility index (Phi) is 5.17. The third kappa shape index (κ3) is 3.39. The van der Waals surface area contributed by atoms with Crippen LogP contribution in [0.15, 0.2) is 18.2 Å². The molecule has 0 aromatic heterocycles. The highest BCUT2D eigenvalue weighted by Crippen LogP contribution is 2.27.